The molecule has 1 aliphatic heterocycles. The number of anilines is 1. The largest absolute Gasteiger partial charge is 0.495 e. The quantitative estimate of drug-likeness (QED) is 0.536. The first kappa shape index (κ1) is 23.8. The van der Waals surface area contributed by atoms with Crippen LogP contribution in [-0.2, 0) is 29.5 Å². The summed E-state index contributed by atoms with van der Waals surface area (Å²) in [6, 6.07) is 21.1. The lowest BCUT2D eigenvalue weighted by Crippen LogP contribution is -2.25. The van der Waals surface area contributed by atoms with Crippen molar-refractivity contribution in [2.45, 2.75) is 24.4 Å². The van der Waals surface area contributed by atoms with E-state index in [9.17, 15) is 13.2 Å². The summed E-state index contributed by atoms with van der Waals surface area (Å²) < 4.78 is 31.5. The maximum absolute atomic E-state index is 12.7. The van der Waals surface area contributed by atoms with Gasteiger partial charge in [-0.3, -0.25) is 4.79 Å². The van der Waals surface area contributed by atoms with Crippen molar-refractivity contribution in [2.75, 3.05) is 32.6 Å². The first-order valence-electron chi connectivity index (χ1n) is 11.1. The molecule has 1 heterocycles. The van der Waals surface area contributed by atoms with Crippen LogP contribution in [0.5, 0.6) is 5.75 Å². The second-order valence-corrected chi connectivity index (χ2v) is 10.6. The average molecular weight is 480 g/mol. The van der Waals surface area contributed by atoms with Crippen molar-refractivity contribution in [2.24, 2.45) is 0 Å². The molecule has 0 fully saturated rings. The minimum atomic E-state index is -3.75. The lowest BCUT2D eigenvalue weighted by Gasteiger charge is -2.19. The molecule has 0 aliphatic carbocycles. The van der Waals surface area contributed by atoms with Gasteiger partial charge in [-0.05, 0) is 47.4 Å². The molecule has 0 spiro atoms. The third kappa shape index (κ3) is 4.93. The molecule has 3 aromatic rings. The summed E-state index contributed by atoms with van der Waals surface area (Å²) in [5.41, 5.74) is 5.12. The van der Waals surface area contributed by atoms with Crippen LogP contribution in [0.25, 0.3) is 0 Å². The van der Waals surface area contributed by atoms with Crippen LogP contribution in [-0.4, -0.2) is 46.4 Å². The molecule has 0 radical (unpaired) electrons. The van der Waals surface area contributed by atoms with E-state index >= 15 is 0 Å². The Hall–Kier alpha value is -3.36. The maximum atomic E-state index is 12.7. The van der Waals surface area contributed by atoms with Crippen LogP contribution in [0.1, 0.15) is 27.0 Å². The van der Waals surface area contributed by atoms with Gasteiger partial charge in [-0.25, -0.2) is 12.7 Å². The molecule has 0 bridgehead atoms. The molecule has 1 aliphatic rings. The predicted molar refractivity (Wildman–Crippen MR) is 133 cm³/mol. The van der Waals surface area contributed by atoms with Gasteiger partial charge in [0.25, 0.3) is 5.91 Å². The molecule has 0 unspecified atom stereocenters. The van der Waals surface area contributed by atoms with Crippen LogP contribution < -0.4 is 15.0 Å². The van der Waals surface area contributed by atoms with Crippen LogP contribution in [0.3, 0.4) is 0 Å². The molecule has 3 aromatic carbocycles. The first-order valence-corrected chi connectivity index (χ1v) is 12.5. The zero-order valence-electron chi connectivity index (χ0n) is 19.6. The van der Waals surface area contributed by atoms with Crippen LogP contribution in [0, 0.1) is 0 Å². The number of carbonyl (C=O) groups is 1. The summed E-state index contributed by atoms with van der Waals surface area (Å²) in [7, 11) is 0.523. The van der Waals surface area contributed by atoms with Crippen LogP contribution in [0.4, 0.5) is 5.69 Å². The van der Waals surface area contributed by atoms with Crippen molar-refractivity contribution < 1.29 is 17.9 Å². The highest BCUT2D eigenvalue weighted by atomic mass is 32.2. The summed E-state index contributed by atoms with van der Waals surface area (Å²) >= 11 is 0. The summed E-state index contributed by atoms with van der Waals surface area (Å²) in [6.45, 7) is 2.20. The number of hydrogen-bond acceptors (Lipinski definition) is 5. The molecule has 0 atom stereocenters. The topological polar surface area (TPSA) is 79.0 Å². The number of sulfonamides is 1. The van der Waals surface area contributed by atoms with Gasteiger partial charge in [-0.1, -0.05) is 42.5 Å². The van der Waals surface area contributed by atoms with Crippen LogP contribution >= 0.6 is 0 Å². The van der Waals surface area contributed by atoms with E-state index in [1.165, 1.54) is 50.2 Å². The van der Waals surface area contributed by atoms with Gasteiger partial charge in [0.1, 0.15) is 10.6 Å². The Bertz CT molecular complexity index is 1290. The lowest BCUT2D eigenvalue weighted by atomic mass is 10.1. The van der Waals surface area contributed by atoms with E-state index in [2.05, 4.69) is 46.6 Å². The molecule has 34 heavy (non-hydrogen) atoms. The number of carbonyl (C=O) groups excluding carboxylic acids is 1. The molecule has 1 N–H and O–H groups in total. The second kappa shape index (κ2) is 9.87. The van der Waals surface area contributed by atoms with Crippen molar-refractivity contribution in [1.29, 1.82) is 0 Å². The number of nitrogens with one attached hydrogen (secondary N) is 1. The minimum Gasteiger partial charge on any atom is -0.495 e. The predicted octanol–water partition coefficient (Wildman–Crippen LogP) is 3.44. The van der Waals surface area contributed by atoms with Crippen molar-refractivity contribution in [3.05, 3.63) is 89.0 Å². The molecule has 0 aromatic heterocycles. The smallest absolute Gasteiger partial charge is 0.251 e. The Morgan fingerprint density at radius 3 is 2.44 bits per heavy atom. The van der Waals surface area contributed by atoms with Gasteiger partial charge in [-0.2, -0.15) is 0 Å². The number of ether oxygens (including phenoxy) is 1. The number of para-hydroxylation sites is 1. The number of amides is 1. The van der Waals surface area contributed by atoms with E-state index in [1.54, 1.807) is 6.07 Å². The molecule has 178 valence electrons. The number of fused-ring (bicyclic) bond motifs is 1. The molecule has 0 saturated carbocycles. The Balaban J connectivity index is 1.40. The highest BCUT2D eigenvalue weighted by molar-refractivity contribution is 7.89. The normalized spacial score (nSPS) is 13.1. The van der Waals surface area contributed by atoms with E-state index < -0.39 is 10.0 Å². The molecule has 4 rings (SSSR count). The van der Waals surface area contributed by atoms with Crippen LogP contribution in [0.15, 0.2) is 71.6 Å². The summed E-state index contributed by atoms with van der Waals surface area (Å²) in [5, 5.41) is 2.87. The number of hydrogen-bond donors (Lipinski definition) is 1. The lowest BCUT2D eigenvalue weighted by molar-refractivity contribution is 0.0950. The van der Waals surface area contributed by atoms with Crippen molar-refractivity contribution in [3.63, 3.8) is 0 Å². The fourth-order valence-corrected chi connectivity index (χ4v) is 5.13. The fraction of sp³-hybridized carbons (Fsp3) is 0.269. The van der Waals surface area contributed by atoms with Gasteiger partial charge < -0.3 is 15.0 Å². The fourth-order valence-electron chi connectivity index (χ4n) is 4.05. The van der Waals surface area contributed by atoms with E-state index in [0.29, 0.717) is 6.54 Å². The van der Waals surface area contributed by atoms with Crippen LogP contribution in [0.2, 0.25) is 0 Å². The van der Waals surface area contributed by atoms with Crippen molar-refractivity contribution in [3.8, 4) is 5.75 Å². The van der Waals surface area contributed by atoms with Crippen molar-refractivity contribution >= 4 is 21.6 Å². The van der Waals surface area contributed by atoms with Gasteiger partial charge in [0.15, 0.2) is 0 Å². The number of nitrogens with zero attached hydrogens (tertiary/aromatic N) is 2. The van der Waals surface area contributed by atoms with Crippen molar-refractivity contribution in [1.82, 2.24) is 9.62 Å². The number of methoxy groups -OCH3 is 1. The molecular formula is C26H29N3O4S. The van der Waals surface area contributed by atoms with E-state index in [-0.39, 0.29) is 22.1 Å². The summed E-state index contributed by atoms with van der Waals surface area (Å²) in [4.78, 5) is 15.1. The molecule has 7 nitrogen and oxygen atoms in total. The molecule has 8 heteroatoms. The highest BCUT2D eigenvalue weighted by Crippen LogP contribution is 2.29. The first-order chi connectivity index (χ1) is 16.3. The standard InChI is InChI=1S/C26H29N3O4S/c1-28(2)34(31,32)25-16-22(12-13-24(25)33-3)26(30)27-17-19-8-10-20(11-9-19)18-29-15-14-21-6-4-5-7-23(21)29/h4-13,16H,14-15,17-18H2,1-3H3,(H,27,30). The zero-order valence-corrected chi connectivity index (χ0v) is 20.4. The summed E-state index contributed by atoms with van der Waals surface area (Å²) in [6.07, 6.45) is 1.07. The molecule has 1 amide bonds. The third-order valence-electron chi connectivity index (χ3n) is 6.02. The van der Waals surface area contributed by atoms with Gasteiger partial charge in [0.05, 0.1) is 7.11 Å². The Kier molecular flexibility index (Phi) is 6.90. The van der Waals surface area contributed by atoms with E-state index in [0.717, 1.165) is 29.4 Å². The molecule has 0 saturated heterocycles. The van der Waals surface area contributed by atoms with Gasteiger partial charge in [0, 0.05) is 45.0 Å². The zero-order chi connectivity index (χ0) is 24.3. The Morgan fingerprint density at radius 1 is 1.03 bits per heavy atom. The van der Waals surface area contributed by atoms with E-state index in [1.807, 2.05) is 12.1 Å². The summed E-state index contributed by atoms with van der Waals surface area (Å²) in [5.74, 6) is -0.155. The van der Waals surface area contributed by atoms with Gasteiger partial charge in [0.2, 0.25) is 10.0 Å². The minimum absolute atomic E-state index is 0.0412. The number of rotatable bonds is 8. The second-order valence-electron chi connectivity index (χ2n) is 8.45. The van der Waals surface area contributed by atoms with Gasteiger partial charge in [-0.15, -0.1) is 0 Å². The SMILES string of the molecule is COc1ccc(C(=O)NCc2ccc(CN3CCc4ccccc43)cc2)cc1S(=O)(=O)N(C)C. The van der Waals surface area contributed by atoms with Gasteiger partial charge >= 0.3 is 0 Å². The maximum Gasteiger partial charge on any atom is 0.251 e. The Labute approximate surface area is 201 Å². The molecular weight excluding hydrogens is 450 g/mol. The van der Waals surface area contributed by atoms with E-state index in [4.69, 9.17) is 4.74 Å². The third-order valence-corrected chi connectivity index (χ3v) is 7.85. The monoisotopic (exact) mass is 479 g/mol. The number of benzene rings is 3. The highest BCUT2D eigenvalue weighted by Gasteiger charge is 2.24. The average Bonchev–Trinajstić information content (AvgIpc) is 3.25. The Morgan fingerprint density at radius 2 is 1.74 bits per heavy atom.